The molecule has 0 saturated heterocycles. The summed E-state index contributed by atoms with van der Waals surface area (Å²) in [6.07, 6.45) is 0.746. The summed E-state index contributed by atoms with van der Waals surface area (Å²) in [6, 6.07) is 8.35. The molecular weight excluding hydrogens is 443 g/mol. The van der Waals surface area contributed by atoms with E-state index in [1.807, 2.05) is 31.1 Å². The largest absolute Gasteiger partial charge is 0.324 e. The number of para-hydroxylation sites is 1. The van der Waals surface area contributed by atoms with E-state index in [4.69, 9.17) is 11.6 Å². The summed E-state index contributed by atoms with van der Waals surface area (Å²) in [4.78, 5) is 32.0. The van der Waals surface area contributed by atoms with Gasteiger partial charge < -0.3 is 4.90 Å². The van der Waals surface area contributed by atoms with Gasteiger partial charge in [-0.15, -0.1) is 12.4 Å². The molecule has 0 atom stereocenters. The van der Waals surface area contributed by atoms with Gasteiger partial charge in [0.2, 0.25) is 0 Å². The Morgan fingerprint density at radius 1 is 1.21 bits per heavy atom. The number of hydrogen-bond donors (Lipinski definition) is 0. The van der Waals surface area contributed by atoms with Crippen LogP contribution in [0, 0.1) is 10.1 Å². The van der Waals surface area contributed by atoms with Crippen LogP contribution in [0.3, 0.4) is 0 Å². The van der Waals surface area contributed by atoms with Gasteiger partial charge in [0.25, 0.3) is 5.91 Å². The maximum absolute atomic E-state index is 13.1. The minimum atomic E-state index is -0.491. The number of amides is 1. The minimum Gasteiger partial charge on any atom is -0.309 e. The molecule has 0 aliphatic carbocycles. The SMILES string of the molecule is CN(C)CCCN(C(=O)c1ccc([N+](=O)[O-])s1)c1nc2c(Cl)cccc2s1.Cl. The number of hydrogen-bond acceptors (Lipinski definition) is 7. The number of nitrogens with zero attached hydrogens (tertiary/aromatic N) is 4. The standard InChI is InChI=1S/C17H17ClN4O3S2.ClH/c1-20(2)9-4-10-21(16(23)13-7-8-14(26-13)22(24)25)17-19-15-11(18)5-3-6-12(15)27-17;/h3,5-8H,4,9-10H2,1-2H3;1H. The van der Waals surface area contributed by atoms with Crippen LogP contribution in [-0.4, -0.2) is 47.9 Å². The normalized spacial score (nSPS) is 10.9. The third-order valence-corrected chi connectivity index (χ3v) is 6.18. The molecule has 2 aromatic heterocycles. The number of thiophene rings is 1. The molecule has 0 aliphatic rings. The Morgan fingerprint density at radius 2 is 1.96 bits per heavy atom. The van der Waals surface area contributed by atoms with E-state index in [9.17, 15) is 14.9 Å². The van der Waals surface area contributed by atoms with E-state index in [-0.39, 0.29) is 23.3 Å². The van der Waals surface area contributed by atoms with Crippen molar-refractivity contribution in [2.45, 2.75) is 6.42 Å². The Hall–Kier alpha value is -1.78. The molecule has 3 rings (SSSR count). The maximum atomic E-state index is 13.1. The topological polar surface area (TPSA) is 79.6 Å². The van der Waals surface area contributed by atoms with Gasteiger partial charge in [0.15, 0.2) is 5.13 Å². The van der Waals surface area contributed by atoms with Crippen LogP contribution in [0.5, 0.6) is 0 Å². The van der Waals surface area contributed by atoms with Crippen molar-refractivity contribution in [1.82, 2.24) is 9.88 Å². The fourth-order valence-electron chi connectivity index (χ4n) is 2.52. The lowest BCUT2D eigenvalue weighted by molar-refractivity contribution is -0.380. The number of nitro groups is 1. The Labute approximate surface area is 181 Å². The summed E-state index contributed by atoms with van der Waals surface area (Å²) in [7, 11) is 3.93. The highest BCUT2D eigenvalue weighted by Gasteiger charge is 2.24. The molecule has 0 bridgehead atoms. The fourth-order valence-corrected chi connectivity index (χ4v) is 4.58. The van der Waals surface area contributed by atoms with E-state index < -0.39 is 4.92 Å². The zero-order valence-corrected chi connectivity index (χ0v) is 18.3. The molecule has 1 amide bonds. The van der Waals surface area contributed by atoms with E-state index >= 15 is 0 Å². The van der Waals surface area contributed by atoms with Gasteiger partial charge in [-0.3, -0.25) is 19.8 Å². The summed E-state index contributed by atoms with van der Waals surface area (Å²) >= 11 is 8.47. The molecule has 11 heteroatoms. The smallest absolute Gasteiger partial charge is 0.309 e. The second-order valence-electron chi connectivity index (χ2n) is 6.09. The van der Waals surface area contributed by atoms with Crippen LogP contribution in [0.2, 0.25) is 5.02 Å². The van der Waals surface area contributed by atoms with Crippen LogP contribution >= 0.6 is 46.7 Å². The summed E-state index contributed by atoms with van der Waals surface area (Å²) < 4.78 is 0.889. The van der Waals surface area contributed by atoms with Crippen LogP contribution in [0.25, 0.3) is 10.2 Å². The average Bonchev–Trinajstić information content (AvgIpc) is 3.25. The van der Waals surface area contributed by atoms with Gasteiger partial charge in [0, 0.05) is 12.6 Å². The molecule has 7 nitrogen and oxygen atoms in total. The molecule has 150 valence electrons. The van der Waals surface area contributed by atoms with E-state index in [1.54, 1.807) is 11.0 Å². The molecule has 0 spiro atoms. The Balaban J connectivity index is 0.00000280. The van der Waals surface area contributed by atoms with Crippen LogP contribution < -0.4 is 4.90 Å². The van der Waals surface area contributed by atoms with Crippen molar-refractivity contribution in [3.8, 4) is 0 Å². The van der Waals surface area contributed by atoms with Gasteiger partial charge in [0.05, 0.1) is 19.5 Å². The van der Waals surface area contributed by atoms with Crippen molar-refractivity contribution < 1.29 is 9.72 Å². The molecule has 0 unspecified atom stereocenters. The lowest BCUT2D eigenvalue weighted by atomic mass is 10.3. The lowest BCUT2D eigenvalue weighted by Crippen LogP contribution is -2.32. The number of anilines is 1. The van der Waals surface area contributed by atoms with Crippen molar-refractivity contribution in [2.75, 3.05) is 32.1 Å². The first kappa shape index (κ1) is 22.5. The summed E-state index contributed by atoms with van der Waals surface area (Å²) in [5.41, 5.74) is 0.654. The third-order valence-electron chi connectivity index (χ3n) is 3.80. The molecule has 0 N–H and O–H groups in total. The van der Waals surface area contributed by atoms with Crippen LogP contribution in [-0.2, 0) is 0 Å². The number of fused-ring (bicyclic) bond motifs is 1. The molecule has 3 aromatic rings. The van der Waals surface area contributed by atoms with E-state index in [1.165, 1.54) is 23.5 Å². The van der Waals surface area contributed by atoms with Crippen molar-refractivity contribution in [3.05, 3.63) is 50.3 Å². The second-order valence-corrected chi connectivity index (χ2v) is 8.57. The summed E-state index contributed by atoms with van der Waals surface area (Å²) in [5, 5.41) is 12.0. The number of halogens is 2. The maximum Gasteiger partial charge on any atom is 0.324 e. The number of benzene rings is 1. The highest BCUT2D eigenvalue weighted by molar-refractivity contribution is 7.22. The van der Waals surface area contributed by atoms with Gasteiger partial charge >= 0.3 is 5.00 Å². The Morgan fingerprint density at radius 3 is 2.57 bits per heavy atom. The number of rotatable bonds is 7. The lowest BCUT2D eigenvalue weighted by Gasteiger charge is -2.20. The summed E-state index contributed by atoms with van der Waals surface area (Å²) in [5.74, 6) is -0.290. The molecule has 0 saturated carbocycles. The zero-order chi connectivity index (χ0) is 19.6. The molecule has 1 aromatic carbocycles. The van der Waals surface area contributed by atoms with Crippen molar-refractivity contribution in [3.63, 3.8) is 0 Å². The molecule has 0 aliphatic heterocycles. The van der Waals surface area contributed by atoms with Crippen LogP contribution in [0.15, 0.2) is 30.3 Å². The van der Waals surface area contributed by atoms with Crippen LogP contribution in [0.1, 0.15) is 16.1 Å². The van der Waals surface area contributed by atoms with Gasteiger partial charge in [0.1, 0.15) is 5.52 Å². The Bertz CT molecular complexity index is 990. The minimum absolute atomic E-state index is 0. The zero-order valence-electron chi connectivity index (χ0n) is 15.1. The molecule has 28 heavy (non-hydrogen) atoms. The Kier molecular flexibility index (Phi) is 7.73. The van der Waals surface area contributed by atoms with E-state index in [2.05, 4.69) is 4.98 Å². The highest BCUT2D eigenvalue weighted by atomic mass is 35.5. The number of carbonyl (C=O) groups excluding carboxylic acids is 1. The van der Waals surface area contributed by atoms with Crippen molar-refractivity contribution in [1.29, 1.82) is 0 Å². The first-order valence-electron chi connectivity index (χ1n) is 8.12. The monoisotopic (exact) mass is 460 g/mol. The summed E-state index contributed by atoms with van der Waals surface area (Å²) in [6.45, 7) is 1.26. The fraction of sp³-hybridized carbons (Fsp3) is 0.294. The van der Waals surface area contributed by atoms with Crippen LogP contribution in [0.4, 0.5) is 10.1 Å². The van der Waals surface area contributed by atoms with Gasteiger partial charge in [-0.2, -0.15) is 0 Å². The first-order valence-corrected chi connectivity index (χ1v) is 10.1. The average molecular weight is 461 g/mol. The molecular formula is C17H18Cl2N4O3S2. The number of aromatic nitrogens is 1. The third kappa shape index (κ3) is 4.98. The van der Waals surface area contributed by atoms with E-state index in [0.717, 1.165) is 29.0 Å². The molecule has 0 fully saturated rings. The second kappa shape index (κ2) is 9.62. The van der Waals surface area contributed by atoms with Gasteiger partial charge in [-0.05, 0) is 45.3 Å². The van der Waals surface area contributed by atoms with Gasteiger partial charge in [-0.25, -0.2) is 4.98 Å². The number of carbonyl (C=O) groups is 1. The molecule has 0 radical (unpaired) electrons. The van der Waals surface area contributed by atoms with Gasteiger partial charge in [-0.1, -0.05) is 40.3 Å². The highest BCUT2D eigenvalue weighted by Crippen LogP contribution is 2.34. The molecule has 2 heterocycles. The predicted molar refractivity (Wildman–Crippen MR) is 118 cm³/mol. The number of thiazole rings is 1. The van der Waals surface area contributed by atoms with E-state index in [0.29, 0.717) is 27.1 Å². The van der Waals surface area contributed by atoms with Crippen molar-refractivity contribution in [2.24, 2.45) is 0 Å². The first-order chi connectivity index (χ1) is 12.9. The predicted octanol–water partition coefficient (Wildman–Crippen LogP) is 4.94. The quantitative estimate of drug-likeness (QED) is 0.368. The van der Waals surface area contributed by atoms with Crippen molar-refractivity contribution >= 4 is 72.9 Å².